The molecule has 0 amide bonds. The average molecular weight is 605 g/mol. The van der Waals surface area contributed by atoms with Crippen molar-refractivity contribution >= 4 is 27.5 Å². The third kappa shape index (κ3) is 6.81. The zero-order valence-electron chi connectivity index (χ0n) is 21.7. The smallest absolute Gasteiger partial charge is 0.278 e. The summed E-state index contributed by atoms with van der Waals surface area (Å²) in [5, 5.41) is 1.59. The van der Waals surface area contributed by atoms with Crippen molar-refractivity contribution in [1.82, 2.24) is 14.5 Å². The van der Waals surface area contributed by atoms with Crippen LogP contribution in [0.5, 0.6) is 5.75 Å². The van der Waals surface area contributed by atoms with Gasteiger partial charge in [-0.3, -0.25) is 9.36 Å². The zero-order valence-corrected chi connectivity index (χ0v) is 24.0. The molecule has 1 N–H and O–H groups in total. The van der Waals surface area contributed by atoms with E-state index in [0.29, 0.717) is 41.7 Å². The Balaban J connectivity index is 1.40. The Kier molecular flexibility index (Phi) is 9.17. The quantitative estimate of drug-likeness (QED) is 0.117. The molecule has 0 saturated carbocycles. The summed E-state index contributed by atoms with van der Waals surface area (Å²) >= 11 is 10.0. The number of aromatic nitrogens is 3. The van der Waals surface area contributed by atoms with Gasteiger partial charge in [-0.2, -0.15) is 0 Å². The van der Waals surface area contributed by atoms with Gasteiger partial charge >= 0.3 is 0 Å². The molecule has 5 rings (SSSR count). The van der Waals surface area contributed by atoms with Gasteiger partial charge in [-0.15, -0.1) is 0 Å². The van der Waals surface area contributed by atoms with Gasteiger partial charge in [0.15, 0.2) is 5.82 Å². The van der Waals surface area contributed by atoms with Gasteiger partial charge in [0.2, 0.25) is 0 Å². The van der Waals surface area contributed by atoms with Crippen LogP contribution in [-0.4, -0.2) is 26.5 Å². The van der Waals surface area contributed by atoms with Gasteiger partial charge in [0.25, 0.3) is 5.56 Å². The maximum atomic E-state index is 13.5. The van der Waals surface area contributed by atoms with Crippen molar-refractivity contribution in [2.24, 2.45) is 0 Å². The minimum absolute atomic E-state index is 0.120. The molecule has 0 saturated heterocycles. The molecule has 0 unspecified atom stereocenters. The maximum Gasteiger partial charge on any atom is 0.278 e. The van der Waals surface area contributed by atoms with Crippen molar-refractivity contribution in [3.05, 3.63) is 123 Å². The topological polar surface area (TPSA) is 59.9 Å². The molecule has 0 spiro atoms. The van der Waals surface area contributed by atoms with E-state index in [4.69, 9.17) is 21.3 Å². The number of hydrogen-bond acceptors (Lipinski definition) is 3. The normalized spacial score (nSPS) is 11.2. The van der Waals surface area contributed by atoms with E-state index in [1.165, 1.54) is 12.8 Å². The first-order valence-corrected chi connectivity index (χ1v) is 14.8. The number of ether oxygens (including phenoxy) is 1. The van der Waals surface area contributed by atoms with Crippen LogP contribution in [0, 0.1) is 0 Å². The van der Waals surface area contributed by atoms with Gasteiger partial charge in [-0.05, 0) is 41.7 Å². The lowest BCUT2D eigenvalue weighted by Gasteiger charge is -2.13. The molecule has 0 bridgehead atoms. The highest BCUT2D eigenvalue weighted by molar-refractivity contribution is 9.09. The van der Waals surface area contributed by atoms with Crippen molar-refractivity contribution in [2.75, 3.05) is 11.9 Å². The summed E-state index contributed by atoms with van der Waals surface area (Å²) in [5.41, 5.74) is 5.19. The highest BCUT2D eigenvalue weighted by Gasteiger charge is 2.21. The number of unbranched alkanes of at least 4 members (excludes halogenated alkanes) is 3. The largest absolute Gasteiger partial charge is 0.492 e. The van der Waals surface area contributed by atoms with E-state index in [2.05, 4.69) is 33.0 Å². The number of halogens is 2. The molecule has 0 radical (unpaired) electrons. The summed E-state index contributed by atoms with van der Waals surface area (Å²) in [6.07, 6.45) is 7.37. The van der Waals surface area contributed by atoms with Crippen LogP contribution in [0.15, 0.2) is 89.9 Å². The van der Waals surface area contributed by atoms with Crippen LogP contribution in [0.25, 0.3) is 17.1 Å². The summed E-state index contributed by atoms with van der Waals surface area (Å²) in [6, 6.07) is 25.9. The Bertz CT molecular complexity index is 1530. The van der Waals surface area contributed by atoms with Crippen LogP contribution in [-0.2, 0) is 12.8 Å². The second-order valence-corrected chi connectivity index (χ2v) is 10.8. The molecule has 0 aromatic heterocycles. The third-order valence-electron chi connectivity index (χ3n) is 6.71. The number of aromatic amines is 1. The van der Waals surface area contributed by atoms with Crippen LogP contribution in [0.4, 0.5) is 0 Å². The molecule has 39 heavy (non-hydrogen) atoms. The fourth-order valence-electron chi connectivity index (χ4n) is 4.68. The van der Waals surface area contributed by atoms with Gasteiger partial charge in [0.05, 0.1) is 23.0 Å². The van der Waals surface area contributed by atoms with E-state index in [0.717, 1.165) is 46.2 Å². The highest BCUT2D eigenvalue weighted by atomic mass is 79.9. The van der Waals surface area contributed by atoms with Crippen molar-refractivity contribution in [2.45, 2.75) is 38.5 Å². The van der Waals surface area contributed by atoms with Gasteiger partial charge in [0, 0.05) is 24.4 Å². The van der Waals surface area contributed by atoms with Crippen LogP contribution < -0.4 is 10.3 Å². The molecular formula is C32H31BrClN3O2. The fraction of sp³-hybridized carbons (Fsp3) is 0.250. The van der Waals surface area contributed by atoms with Crippen LogP contribution in [0.3, 0.4) is 0 Å². The molecule has 0 atom stereocenters. The Morgan fingerprint density at radius 3 is 2.36 bits per heavy atom. The summed E-state index contributed by atoms with van der Waals surface area (Å²) < 4.78 is 7.56. The lowest BCUT2D eigenvalue weighted by Crippen LogP contribution is -2.17. The molecule has 2 aliphatic rings. The Labute approximate surface area is 242 Å². The molecule has 2 heterocycles. The number of imidazole rings is 1. The Morgan fingerprint density at radius 2 is 1.62 bits per heavy atom. The lowest BCUT2D eigenvalue weighted by atomic mass is 10.1. The Hall–Kier alpha value is -3.35. The SMILES string of the molecule is O=c1c(Cc2ccc(OCCCCCCBr)c(Cl)c2)nc2c(Cc3ccccc3)[nH]c(-c3ccccc3)cn1-2. The molecule has 200 valence electrons. The predicted molar refractivity (Wildman–Crippen MR) is 162 cm³/mol. The summed E-state index contributed by atoms with van der Waals surface area (Å²) in [5.74, 6) is 1.31. The van der Waals surface area contributed by atoms with Crippen LogP contribution >= 0.6 is 27.5 Å². The van der Waals surface area contributed by atoms with E-state index >= 15 is 0 Å². The van der Waals surface area contributed by atoms with E-state index in [1.807, 2.05) is 72.9 Å². The highest BCUT2D eigenvalue weighted by Crippen LogP contribution is 2.28. The molecule has 0 aliphatic carbocycles. The first-order chi connectivity index (χ1) is 19.1. The van der Waals surface area contributed by atoms with E-state index in [-0.39, 0.29) is 5.56 Å². The van der Waals surface area contributed by atoms with Gasteiger partial charge in [-0.1, -0.05) is 107 Å². The van der Waals surface area contributed by atoms with Gasteiger partial charge < -0.3 is 9.72 Å². The molecule has 3 aromatic carbocycles. The molecule has 0 fully saturated rings. The molecular weight excluding hydrogens is 574 g/mol. The lowest BCUT2D eigenvalue weighted by molar-refractivity contribution is 0.305. The fourth-order valence-corrected chi connectivity index (χ4v) is 5.33. The second kappa shape index (κ2) is 13.1. The number of hydrogen-bond donors (Lipinski definition) is 1. The van der Waals surface area contributed by atoms with Crippen molar-refractivity contribution < 1.29 is 4.74 Å². The molecule has 7 heteroatoms. The van der Waals surface area contributed by atoms with Crippen LogP contribution in [0.1, 0.15) is 48.2 Å². The monoisotopic (exact) mass is 603 g/mol. The maximum absolute atomic E-state index is 13.5. The first-order valence-electron chi connectivity index (χ1n) is 13.3. The number of fused-ring (bicyclic) bond motifs is 1. The minimum atomic E-state index is -0.120. The summed E-state index contributed by atoms with van der Waals surface area (Å²) in [7, 11) is 0. The number of nitrogens with zero attached hydrogens (tertiary/aromatic N) is 2. The number of H-pyrrole nitrogens is 1. The Morgan fingerprint density at radius 1 is 0.872 bits per heavy atom. The van der Waals surface area contributed by atoms with Crippen molar-refractivity contribution in [1.29, 1.82) is 0 Å². The summed E-state index contributed by atoms with van der Waals surface area (Å²) in [6.45, 7) is 0.642. The summed E-state index contributed by atoms with van der Waals surface area (Å²) in [4.78, 5) is 21.9. The molecule has 2 aliphatic heterocycles. The minimum Gasteiger partial charge on any atom is -0.492 e. The first kappa shape index (κ1) is 27.2. The number of alkyl halides is 1. The molecule has 3 aromatic rings. The van der Waals surface area contributed by atoms with E-state index < -0.39 is 0 Å². The van der Waals surface area contributed by atoms with Crippen molar-refractivity contribution in [3.63, 3.8) is 0 Å². The zero-order chi connectivity index (χ0) is 27.0. The average Bonchev–Trinajstić information content (AvgIpc) is 3.27. The van der Waals surface area contributed by atoms with E-state index in [9.17, 15) is 4.79 Å². The van der Waals surface area contributed by atoms with Crippen LogP contribution in [0.2, 0.25) is 5.02 Å². The molecule has 5 nitrogen and oxygen atoms in total. The standard InChI is InChI=1S/C32H31BrClN3O2/c33-17-9-1-2-10-18-39-30-16-15-24(19-26(30)34)21-28-32(38)37-22-29(25-13-7-4-8-14-25)35-27(31(37)36-28)20-23-11-5-3-6-12-23/h3-8,11-16,19,22,35H,1-2,9-10,17-18,20-21H2. The second-order valence-electron chi connectivity index (χ2n) is 9.63. The van der Waals surface area contributed by atoms with E-state index in [1.54, 1.807) is 4.57 Å². The van der Waals surface area contributed by atoms with Crippen molar-refractivity contribution in [3.8, 4) is 22.8 Å². The predicted octanol–water partition coefficient (Wildman–Crippen LogP) is 7.83. The number of benzene rings is 3. The number of rotatable bonds is 12. The van der Waals surface area contributed by atoms with Gasteiger partial charge in [0.1, 0.15) is 11.4 Å². The third-order valence-corrected chi connectivity index (χ3v) is 7.57. The van der Waals surface area contributed by atoms with Gasteiger partial charge in [-0.25, -0.2) is 4.98 Å². The number of nitrogens with one attached hydrogen (secondary N) is 1.